The zero-order valence-electron chi connectivity index (χ0n) is 14.0. The van der Waals surface area contributed by atoms with Crippen LogP contribution < -0.4 is 4.74 Å². The van der Waals surface area contributed by atoms with E-state index in [-0.39, 0.29) is 0 Å². The Morgan fingerprint density at radius 2 is 2.00 bits per heavy atom. The van der Waals surface area contributed by atoms with Gasteiger partial charge in [-0.05, 0) is 41.5 Å². The van der Waals surface area contributed by atoms with Crippen molar-refractivity contribution in [3.63, 3.8) is 0 Å². The number of ether oxygens (including phenoxy) is 2. The van der Waals surface area contributed by atoms with Crippen LogP contribution in [0, 0.1) is 0 Å². The Labute approximate surface area is 152 Å². The minimum Gasteiger partial charge on any atom is -0.492 e. The van der Waals surface area contributed by atoms with Gasteiger partial charge in [0.05, 0.1) is 13.2 Å². The number of rotatable bonds is 5. The molecular formula is C20H21ClN2O2. The first kappa shape index (κ1) is 16.5. The fraction of sp³-hybridized carbons (Fsp3) is 0.300. The van der Waals surface area contributed by atoms with E-state index in [9.17, 15) is 0 Å². The van der Waals surface area contributed by atoms with E-state index < -0.39 is 0 Å². The van der Waals surface area contributed by atoms with E-state index in [1.54, 1.807) is 0 Å². The smallest absolute Gasteiger partial charge is 0.121 e. The quantitative estimate of drug-likeness (QED) is 0.744. The highest BCUT2D eigenvalue weighted by atomic mass is 35.5. The number of hydrogen-bond donors (Lipinski definition) is 1. The lowest BCUT2D eigenvalue weighted by atomic mass is 10.0. The lowest BCUT2D eigenvalue weighted by Crippen LogP contribution is -2.38. The van der Waals surface area contributed by atoms with Gasteiger partial charge in [-0.3, -0.25) is 4.90 Å². The first-order chi connectivity index (χ1) is 12.3. The van der Waals surface area contributed by atoms with Crippen molar-refractivity contribution in [1.82, 2.24) is 9.88 Å². The number of halogens is 1. The molecule has 0 spiro atoms. The molecule has 2 heterocycles. The van der Waals surface area contributed by atoms with Crippen molar-refractivity contribution in [3.8, 4) is 16.9 Å². The molecule has 4 nitrogen and oxygen atoms in total. The van der Waals surface area contributed by atoms with Gasteiger partial charge in [-0.2, -0.15) is 0 Å². The predicted octanol–water partition coefficient (Wildman–Crippen LogP) is 4.20. The fourth-order valence-electron chi connectivity index (χ4n) is 3.26. The summed E-state index contributed by atoms with van der Waals surface area (Å²) in [4.78, 5) is 5.61. The van der Waals surface area contributed by atoms with Crippen LogP contribution in [0.4, 0.5) is 0 Å². The monoisotopic (exact) mass is 356 g/mol. The van der Waals surface area contributed by atoms with Crippen LogP contribution in [0.2, 0.25) is 5.02 Å². The van der Waals surface area contributed by atoms with Gasteiger partial charge in [-0.1, -0.05) is 23.7 Å². The average molecular weight is 357 g/mol. The summed E-state index contributed by atoms with van der Waals surface area (Å²) < 4.78 is 11.3. The Morgan fingerprint density at radius 1 is 1.12 bits per heavy atom. The number of nitrogens with zero attached hydrogens (tertiary/aromatic N) is 1. The highest BCUT2D eigenvalue weighted by Crippen LogP contribution is 2.33. The van der Waals surface area contributed by atoms with Gasteiger partial charge >= 0.3 is 0 Å². The van der Waals surface area contributed by atoms with Crippen molar-refractivity contribution in [2.24, 2.45) is 0 Å². The second-order valence-electron chi connectivity index (χ2n) is 6.22. The Morgan fingerprint density at radius 3 is 2.88 bits per heavy atom. The van der Waals surface area contributed by atoms with Gasteiger partial charge in [0, 0.05) is 41.8 Å². The third-order valence-electron chi connectivity index (χ3n) is 4.56. The molecule has 1 fully saturated rings. The molecule has 1 aliphatic heterocycles. The number of hydrogen-bond acceptors (Lipinski definition) is 3. The summed E-state index contributed by atoms with van der Waals surface area (Å²) in [5.74, 6) is 0.809. The Kier molecular flexibility index (Phi) is 4.92. The molecule has 0 atom stereocenters. The number of fused-ring (bicyclic) bond motifs is 1. The zero-order valence-corrected chi connectivity index (χ0v) is 14.8. The Hall–Kier alpha value is -2.01. The van der Waals surface area contributed by atoms with E-state index in [0.717, 1.165) is 55.2 Å². The van der Waals surface area contributed by atoms with E-state index in [1.165, 1.54) is 5.39 Å². The third kappa shape index (κ3) is 3.82. The molecule has 130 valence electrons. The molecule has 0 amide bonds. The third-order valence-corrected chi connectivity index (χ3v) is 4.78. The minimum absolute atomic E-state index is 0.647. The van der Waals surface area contributed by atoms with Crippen molar-refractivity contribution in [1.29, 1.82) is 0 Å². The Balaban J connectivity index is 1.51. The molecule has 2 aromatic carbocycles. The van der Waals surface area contributed by atoms with E-state index in [2.05, 4.69) is 34.1 Å². The molecule has 0 aliphatic carbocycles. The highest BCUT2D eigenvalue weighted by Gasteiger charge is 2.11. The van der Waals surface area contributed by atoms with Crippen LogP contribution in [0.25, 0.3) is 22.0 Å². The fourth-order valence-corrected chi connectivity index (χ4v) is 3.48. The number of H-pyrrole nitrogens is 1. The van der Waals surface area contributed by atoms with Gasteiger partial charge in [-0.25, -0.2) is 0 Å². The molecule has 4 rings (SSSR count). The summed E-state index contributed by atoms with van der Waals surface area (Å²) in [6.07, 6.45) is 1.96. The SMILES string of the molecule is Clc1cc(OCCN2CCOCC2)cc(-c2cccc3[nH]ccc23)c1. The molecule has 5 heteroatoms. The van der Waals surface area contributed by atoms with Gasteiger partial charge in [0.15, 0.2) is 0 Å². The van der Waals surface area contributed by atoms with E-state index in [1.807, 2.05) is 24.4 Å². The number of aromatic nitrogens is 1. The average Bonchev–Trinajstić information content (AvgIpc) is 3.11. The summed E-state index contributed by atoms with van der Waals surface area (Å²) in [6.45, 7) is 5.11. The number of nitrogens with one attached hydrogen (secondary N) is 1. The topological polar surface area (TPSA) is 37.5 Å². The summed E-state index contributed by atoms with van der Waals surface area (Å²) >= 11 is 6.34. The van der Waals surface area contributed by atoms with Crippen LogP contribution in [0.1, 0.15) is 0 Å². The van der Waals surface area contributed by atoms with Crippen LogP contribution >= 0.6 is 11.6 Å². The first-order valence-corrected chi connectivity index (χ1v) is 8.97. The zero-order chi connectivity index (χ0) is 17.1. The Bertz CT molecular complexity index is 856. The normalized spacial score (nSPS) is 15.6. The van der Waals surface area contributed by atoms with Gasteiger partial charge < -0.3 is 14.5 Å². The van der Waals surface area contributed by atoms with Crippen molar-refractivity contribution >= 4 is 22.5 Å². The molecule has 1 aromatic heterocycles. The van der Waals surface area contributed by atoms with Crippen molar-refractivity contribution in [2.45, 2.75) is 0 Å². The second-order valence-corrected chi connectivity index (χ2v) is 6.66. The number of morpholine rings is 1. The minimum atomic E-state index is 0.647. The molecule has 0 unspecified atom stereocenters. The van der Waals surface area contributed by atoms with E-state index in [0.29, 0.717) is 11.6 Å². The van der Waals surface area contributed by atoms with Crippen LogP contribution in [-0.2, 0) is 4.74 Å². The summed E-state index contributed by atoms with van der Waals surface area (Å²) in [6, 6.07) is 14.2. The molecular weight excluding hydrogens is 336 g/mol. The second kappa shape index (κ2) is 7.48. The van der Waals surface area contributed by atoms with Gasteiger partial charge in [0.2, 0.25) is 0 Å². The molecule has 0 saturated carbocycles. The van der Waals surface area contributed by atoms with Crippen molar-refractivity contribution in [3.05, 3.63) is 53.7 Å². The number of benzene rings is 2. The maximum atomic E-state index is 6.34. The lowest BCUT2D eigenvalue weighted by Gasteiger charge is -2.26. The summed E-state index contributed by atoms with van der Waals surface area (Å²) in [7, 11) is 0. The van der Waals surface area contributed by atoms with Crippen LogP contribution in [-0.4, -0.2) is 49.3 Å². The van der Waals surface area contributed by atoms with E-state index >= 15 is 0 Å². The van der Waals surface area contributed by atoms with Crippen LogP contribution in [0.5, 0.6) is 5.75 Å². The number of aromatic amines is 1. The summed E-state index contributed by atoms with van der Waals surface area (Å²) in [5.41, 5.74) is 3.34. The maximum absolute atomic E-state index is 6.34. The standard InChI is InChI=1S/C20H21ClN2O2/c21-16-12-15(18-2-1-3-20-19(18)4-5-22-20)13-17(14-16)25-11-8-23-6-9-24-10-7-23/h1-5,12-14,22H,6-11H2. The molecule has 3 aromatic rings. The molecule has 1 N–H and O–H groups in total. The maximum Gasteiger partial charge on any atom is 0.121 e. The van der Waals surface area contributed by atoms with E-state index in [4.69, 9.17) is 21.1 Å². The summed E-state index contributed by atoms with van der Waals surface area (Å²) in [5, 5.41) is 1.87. The first-order valence-electron chi connectivity index (χ1n) is 8.59. The van der Waals surface area contributed by atoms with Crippen LogP contribution in [0.15, 0.2) is 48.7 Å². The lowest BCUT2D eigenvalue weighted by molar-refractivity contribution is 0.0322. The van der Waals surface area contributed by atoms with Gasteiger partial charge in [-0.15, -0.1) is 0 Å². The highest BCUT2D eigenvalue weighted by molar-refractivity contribution is 6.31. The molecule has 0 bridgehead atoms. The van der Waals surface area contributed by atoms with Crippen molar-refractivity contribution < 1.29 is 9.47 Å². The molecule has 1 saturated heterocycles. The largest absolute Gasteiger partial charge is 0.492 e. The predicted molar refractivity (Wildman–Crippen MR) is 101 cm³/mol. The van der Waals surface area contributed by atoms with Gasteiger partial charge in [0.1, 0.15) is 12.4 Å². The van der Waals surface area contributed by atoms with Crippen molar-refractivity contribution in [2.75, 3.05) is 39.5 Å². The van der Waals surface area contributed by atoms with Gasteiger partial charge in [0.25, 0.3) is 0 Å². The molecule has 25 heavy (non-hydrogen) atoms. The molecule has 0 radical (unpaired) electrons. The molecule has 1 aliphatic rings. The van der Waals surface area contributed by atoms with Crippen LogP contribution in [0.3, 0.4) is 0 Å².